The summed E-state index contributed by atoms with van der Waals surface area (Å²) in [7, 11) is 0. The minimum Gasteiger partial charge on any atom is -0.463 e. The first-order valence-corrected chi connectivity index (χ1v) is 13.0. The second-order valence-corrected chi connectivity index (χ2v) is 11.0. The van der Waals surface area contributed by atoms with Crippen molar-refractivity contribution in [3.63, 3.8) is 0 Å². The van der Waals surface area contributed by atoms with Crippen LogP contribution in [0.2, 0.25) is 0 Å². The van der Waals surface area contributed by atoms with Crippen LogP contribution in [0.5, 0.6) is 0 Å². The molecule has 5 N–H and O–H groups in total. The predicted octanol–water partition coefficient (Wildman–Crippen LogP) is -1.30. The second kappa shape index (κ2) is 16.2. The van der Waals surface area contributed by atoms with Crippen LogP contribution < -0.4 is 11.1 Å². The molecular weight excluding hydrogens is 635 g/mol. The van der Waals surface area contributed by atoms with Crippen LogP contribution in [0.1, 0.15) is 27.7 Å². The highest BCUT2D eigenvalue weighted by atomic mass is 35.6. The molecule has 0 aliphatic carbocycles. The van der Waals surface area contributed by atoms with E-state index in [1.54, 1.807) is 0 Å². The highest BCUT2D eigenvalue weighted by Gasteiger charge is 2.53. The van der Waals surface area contributed by atoms with Crippen LogP contribution in [0.3, 0.4) is 0 Å². The summed E-state index contributed by atoms with van der Waals surface area (Å²) in [6, 6.07) is -1.68. The molecule has 16 nitrogen and oxygen atoms in total. The number of amides is 2. The number of nitrogens with one attached hydrogen (secondary N) is 1. The fourth-order valence-corrected chi connectivity index (χ4v) is 3.86. The molecular formula is C23H31Cl3N2O14. The third kappa shape index (κ3) is 11.2. The minimum atomic E-state index is -2.58. The van der Waals surface area contributed by atoms with Crippen molar-refractivity contribution < 1.29 is 67.4 Å². The van der Waals surface area contributed by atoms with E-state index in [0.29, 0.717) is 0 Å². The Kier molecular flexibility index (Phi) is 14.4. The monoisotopic (exact) mass is 664 g/mol. The number of nitrogens with two attached hydrogens (primary N) is 1. The maximum Gasteiger partial charge on any atom is 0.303 e. The standard InChI is InChI=1S/C23H31Cl3N2O14/c1-6-12(15(33)19(40-11(5)32)16(34)20(27)35)41-21-14(28-22(36)23(24,25)26)18(39-10(4)31)17(38-9(3)30)13(42-21)7-37-8(2)29/h6,12-19,21,33-34H,1,7H2,2-5H3,(H2,27,35)(H,28,36)/t12-,13+,14+,15+,16-,17+,18+,19+,21+/m0/s1. The summed E-state index contributed by atoms with van der Waals surface area (Å²) in [6.45, 7) is 6.86. The van der Waals surface area contributed by atoms with E-state index < -0.39 is 101 Å². The predicted molar refractivity (Wildman–Crippen MR) is 140 cm³/mol. The van der Waals surface area contributed by atoms with Gasteiger partial charge >= 0.3 is 23.9 Å². The molecule has 1 heterocycles. The molecule has 1 aliphatic rings. The molecule has 42 heavy (non-hydrogen) atoms. The van der Waals surface area contributed by atoms with Crippen molar-refractivity contribution in [2.45, 2.75) is 86.5 Å². The van der Waals surface area contributed by atoms with Crippen LogP contribution >= 0.6 is 34.8 Å². The van der Waals surface area contributed by atoms with Crippen molar-refractivity contribution >= 4 is 70.5 Å². The van der Waals surface area contributed by atoms with Crippen LogP contribution in [-0.4, -0.2) is 111 Å². The van der Waals surface area contributed by atoms with Crippen molar-refractivity contribution in [2.24, 2.45) is 5.73 Å². The van der Waals surface area contributed by atoms with Gasteiger partial charge in [0.15, 0.2) is 30.7 Å². The zero-order chi connectivity index (χ0) is 32.5. The molecule has 0 spiro atoms. The van der Waals surface area contributed by atoms with E-state index in [-0.39, 0.29) is 0 Å². The topological polar surface area (TPSA) is 236 Å². The minimum absolute atomic E-state index is 0.603. The van der Waals surface area contributed by atoms with Crippen LogP contribution in [0.15, 0.2) is 12.7 Å². The van der Waals surface area contributed by atoms with E-state index in [0.717, 1.165) is 33.8 Å². The van der Waals surface area contributed by atoms with Crippen LogP contribution in [0.4, 0.5) is 0 Å². The van der Waals surface area contributed by atoms with E-state index in [1.165, 1.54) is 0 Å². The smallest absolute Gasteiger partial charge is 0.303 e. The van der Waals surface area contributed by atoms with Gasteiger partial charge in [0.05, 0.1) is 0 Å². The van der Waals surface area contributed by atoms with E-state index in [9.17, 15) is 39.0 Å². The van der Waals surface area contributed by atoms with E-state index in [4.69, 9.17) is 69.0 Å². The van der Waals surface area contributed by atoms with Crippen molar-refractivity contribution in [2.75, 3.05) is 6.61 Å². The first-order valence-electron chi connectivity index (χ1n) is 11.9. The van der Waals surface area contributed by atoms with Gasteiger partial charge in [0, 0.05) is 27.7 Å². The van der Waals surface area contributed by atoms with E-state index in [2.05, 4.69) is 11.9 Å². The number of carbonyl (C=O) groups excluding carboxylic acids is 6. The maximum atomic E-state index is 12.7. The molecule has 1 rings (SSSR count). The lowest BCUT2D eigenvalue weighted by atomic mass is 9.95. The fourth-order valence-electron chi connectivity index (χ4n) is 3.70. The number of alkyl halides is 3. The largest absolute Gasteiger partial charge is 0.463 e. The molecule has 0 aromatic carbocycles. The van der Waals surface area contributed by atoms with Crippen molar-refractivity contribution in [3.8, 4) is 0 Å². The van der Waals surface area contributed by atoms with Crippen molar-refractivity contribution in [3.05, 3.63) is 12.7 Å². The molecule has 238 valence electrons. The zero-order valence-corrected chi connectivity index (χ0v) is 25.0. The highest BCUT2D eigenvalue weighted by Crippen LogP contribution is 2.32. The maximum absolute atomic E-state index is 12.7. The molecule has 1 aliphatic heterocycles. The van der Waals surface area contributed by atoms with Gasteiger partial charge in [0.2, 0.25) is 5.91 Å². The molecule has 1 fully saturated rings. The highest BCUT2D eigenvalue weighted by molar-refractivity contribution is 6.76. The lowest BCUT2D eigenvalue weighted by Gasteiger charge is -2.46. The Hall–Kier alpha value is -2.73. The summed E-state index contributed by atoms with van der Waals surface area (Å²) < 4.78 is 29.4. The molecule has 0 aromatic rings. The first-order chi connectivity index (χ1) is 19.3. The summed E-state index contributed by atoms with van der Waals surface area (Å²) in [5, 5.41) is 23.3. The number of esters is 4. The third-order valence-electron chi connectivity index (χ3n) is 5.36. The Bertz CT molecular complexity index is 1040. The van der Waals surface area contributed by atoms with Gasteiger partial charge < -0.3 is 49.7 Å². The van der Waals surface area contributed by atoms with Crippen LogP contribution in [0.25, 0.3) is 0 Å². The number of rotatable bonds is 13. The first kappa shape index (κ1) is 37.3. The average molecular weight is 666 g/mol. The van der Waals surface area contributed by atoms with Crippen LogP contribution in [0, 0.1) is 0 Å². The number of ether oxygens (including phenoxy) is 6. The Labute approximate surface area is 254 Å². The van der Waals surface area contributed by atoms with Crippen molar-refractivity contribution in [1.29, 1.82) is 0 Å². The summed E-state index contributed by atoms with van der Waals surface area (Å²) in [4.78, 5) is 71.4. The quantitative estimate of drug-likeness (QED) is 0.0775. The lowest BCUT2D eigenvalue weighted by molar-refractivity contribution is -0.292. The summed E-state index contributed by atoms with van der Waals surface area (Å²) >= 11 is 17.1. The molecule has 19 heteroatoms. The Morgan fingerprint density at radius 3 is 1.95 bits per heavy atom. The summed E-state index contributed by atoms with van der Waals surface area (Å²) in [6.07, 6.45) is -13.5. The Morgan fingerprint density at radius 1 is 0.976 bits per heavy atom. The van der Waals surface area contributed by atoms with Gasteiger partial charge in [-0.05, 0) is 0 Å². The van der Waals surface area contributed by atoms with Gasteiger partial charge in [0.1, 0.15) is 31.0 Å². The molecule has 0 aromatic heterocycles. The lowest BCUT2D eigenvalue weighted by Crippen LogP contribution is -2.68. The number of hydrogen-bond donors (Lipinski definition) is 4. The number of hydrogen-bond acceptors (Lipinski definition) is 14. The molecule has 0 bridgehead atoms. The van der Waals surface area contributed by atoms with Gasteiger partial charge in [-0.2, -0.15) is 0 Å². The number of aliphatic hydroxyl groups is 2. The van der Waals surface area contributed by atoms with Crippen LogP contribution in [-0.2, 0) is 57.2 Å². The molecule has 0 radical (unpaired) electrons. The Morgan fingerprint density at radius 2 is 1.52 bits per heavy atom. The molecule has 0 saturated carbocycles. The number of aliphatic hydroxyl groups excluding tert-OH is 2. The molecule has 0 unspecified atom stereocenters. The van der Waals surface area contributed by atoms with E-state index in [1.807, 2.05) is 0 Å². The van der Waals surface area contributed by atoms with Gasteiger partial charge in [-0.1, -0.05) is 40.9 Å². The summed E-state index contributed by atoms with van der Waals surface area (Å²) in [5.74, 6) is -6.31. The summed E-state index contributed by atoms with van der Waals surface area (Å²) in [5.41, 5.74) is 5.09. The normalized spacial score (nSPS) is 25.0. The van der Waals surface area contributed by atoms with E-state index >= 15 is 0 Å². The average Bonchev–Trinajstić information content (AvgIpc) is 2.85. The van der Waals surface area contributed by atoms with Crippen molar-refractivity contribution in [1.82, 2.24) is 5.32 Å². The number of carbonyl (C=O) groups is 6. The molecule has 1 saturated heterocycles. The number of halogens is 3. The van der Waals surface area contributed by atoms with Gasteiger partial charge in [0.25, 0.3) is 9.70 Å². The van der Waals surface area contributed by atoms with Gasteiger partial charge in [-0.3, -0.25) is 28.8 Å². The third-order valence-corrected chi connectivity index (χ3v) is 5.87. The number of primary amides is 1. The zero-order valence-electron chi connectivity index (χ0n) is 22.7. The molecule has 2 amide bonds. The Balaban J connectivity index is 3.67. The van der Waals surface area contributed by atoms with Gasteiger partial charge in [-0.15, -0.1) is 6.58 Å². The SMILES string of the molecule is C=C[C@H](O[C@@H]1O[C@H](COC(C)=O)[C@@H](OC(C)=O)[C@H](OC(C)=O)[C@H]1NC(=O)C(Cl)(Cl)Cl)[C@@H](O)[C@@H](OC(C)=O)[C@H](O)C(N)=O. The molecule has 9 atom stereocenters. The fraction of sp³-hybridized carbons (Fsp3) is 0.652. The van der Waals surface area contributed by atoms with Gasteiger partial charge in [-0.25, -0.2) is 0 Å². The second-order valence-electron chi connectivity index (χ2n) is 8.74.